The van der Waals surface area contributed by atoms with Gasteiger partial charge in [0.15, 0.2) is 0 Å². The van der Waals surface area contributed by atoms with E-state index in [-0.39, 0.29) is 18.0 Å². The second-order valence-electron chi connectivity index (χ2n) is 6.25. The number of carbonyl (C=O) groups is 1. The molecule has 3 heterocycles. The second kappa shape index (κ2) is 7.38. The van der Waals surface area contributed by atoms with Gasteiger partial charge in [-0.15, -0.1) is 0 Å². The van der Waals surface area contributed by atoms with Crippen LogP contribution in [-0.4, -0.2) is 58.3 Å². The van der Waals surface area contributed by atoms with E-state index in [9.17, 15) is 9.59 Å². The molecule has 0 aliphatic carbocycles. The molecule has 2 aliphatic heterocycles. The topological polar surface area (TPSA) is 58.4 Å². The molecule has 0 aromatic carbocycles. The molecular weight excluding hydrogens is 312 g/mol. The van der Waals surface area contributed by atoms with E-state index in [1.807, 2.05) is 18.8 Å². The normalized spacial score (nSPS) is 19.1. The van der Waals surface area contributed by atoms with Gasteiger partial charge in [0.2, 0.25) is 5.91 Å². The molecule has 7 heteroatoms. The number of thioether (sulfide) groups is 1. The molecule has 2 fully saturated rings. The molecule has 2 saturated heterocycles. The number of hydrogen-bond acceptors (Lipinski definition) is 5. The quantitative estimate of drug-likeness (QED) is 0.827. The minimum atomic E-state index is -0.199. The Labute approximate surface area is 140 Å². The van der Waals surface area contributed by atoms with Crippen LogP contribution in [0.25, 0.3) is 0 Å². The lowest BCUT2D eigenvalue weighted by molar-refractivity contribution is -0.133. The lowest BCUT2D eigenvalue weighted by atomic mass is 10.1. The molecule has 0 saturated carbocycles. The predicted molar refractivity (Wildman–Crippen MR) is 93.1 cm³/mol. The van der Waals surface area contributed by atoms with Crippen molar-refractivity contribution in [3.05, 3.63) is 22.6 Å². The van der Waals surface area contributed by atoms with Gasteiger partial charge in [-0.2, -0.15) is 16.9 Å². The maximum Gasteiger partial charge on any atom is 0.269 e. The lowest BCUT2D eigenvalue weighted by Crippen LogP contribution is -2.42. The van der Waals surface area contributed by atoms with Crippen LogP contribution in [0, 0.1) is 0 Å². The molecule has 0 bridgehead atoms. The third kappa shape index (κ3) is 3.88. The van der Waals surface area contributed by atoms with Crippen LogP contribution in [-0.2, 0) is 11.3 Å². The number of aromatic nitrogens is 2. The van der Waals surface area contributed by atoms with Crippen molar-refractivity contribution in [3.8, 4) is 0 Å². The summed E-state index contributed by atoms with van der Waals surface area (Å²) in [6.45, 7) is 1.98. The van der Waals surface area contributed by atoms with E-state index in [1.54, 1.807) is 17.2 Å². The molecule has 0 N–H and O–H groups in total. The summed E-state index contributed by atoms with van der Waals surface area (Å²) < 4.78 is 1.27. The van der Waals surface area contributed by atoms with Crippen molar-refractivity contribution < 1.29 is 4.79 Å². The first-order valence-electron chi connectivity index (χ1n) is 8.30. The minimum Gasteiger partial charge on any atom is -0.370 e. The van der Waals surface area contributed by atoms with E-state index in [1.165, 1.54) is 4.68 Å². The highest BCUT2D eigenvalue weighted by Crippen LogP contribution is 2.21. The van der Waals surface area contributed by atoms with Crippen molar-refractivity contribution in [1.82, 2.24) is 14.7 Å². The largest absolute Gasteiger partial charge is 0.370 e. The van der Waals surface area contributed by atoms with Gasteiger partial charge in [-0.05, 0) is 37.2 Å². The summed E-state index contributed by atoms with van der Waals surface area (Å²) in [6, 6.07) is 1.89. The fraction of sp³-hybridized carbons (Fsp3) is 0.688. The molecule has 23 heavy (non-hydrogen) atoms. The van der Waals surface area contributed by atoms with Crippen molar-refractivity contribution in [2.24, 2.45) is 0 Å². The summed E-state index contributed by atoms with van der Waals surface area (Å²) in [6.07, 6.45) is 6.08. The molecule has 0 spiro atoms. The maximum absolute atomic E-state index is 12.4. The van der Waals surface area contributed by atoms with Crippen molar-refractivity contribution in [2.45, 2.75) is 38.3 Å². The fourth-order valence-electron chi connectivity index (χ4n) is 3.21. The van der Waals surface area contributed by atoms with E-state index >= 15 is 0 Å². The predicted octanol–water partition coefficient (Wildman–Crippen LogP) is 1.20. The number of carbonyl (C=O) groups excluding carboxylic acids is 1. The van der Waals surface area contributed by atoms with Gasteiger partial charge in [0, 0.05) is 32.2 Å². The highest BCUT2D eigenvalue weighted by molar-refractivity contribution is 7.99. The Morgan fingerprint density at radius 3 is 2.70 bits per heavy atom. The summed E-state index contributed by atoms with van der Waals surface area (Å²) in [5.41, 5.74) is 0.671. The summed E-state index contributed by atoms with van der Waals surface area (Å²) in [5, 5.41) is 4.20. The summed E-state index contributed by atoms with van der Waals surface area (Å²) >= 11 is 1.94. The average molecular weight is 336 g/mol. The van der Waals surface area contributed by atoms with Gasteiger partial charge < -0.3 is 9.80 Å². The van der Waals surface area contributed by atoms with E-state index in [0.717, 1.165) is 56.0 Å². The smallest absolute Gasteiger partial charge is 0.269 e. The molecule has 0 unspecified atom stereocenters. The fourth-order valence-corrected chi connectivity index (χ4v) is 4.29. The van der Waals surface area contributed by atoms with Gasteiger partial charge in [-0.1, -0.05) is 0 Å². The molecule has 0 atom stereocenters. The number of amides is 1. The molecule has 126 valence electrons. The van der Waals surface area contributed by atoms with E-state index in [2.05, 4.69) is 10.00 Å². The Kier molecular flexibility index (Phi) is 5.25. The van der Waals surface area contributed by atoms with Gasteiger partial charge in [-0.25, -0.2) is 4.68 Å². The van der Waals surface area contributed by atoms with Crippen LogP contribution in [0.5, 0.6) is 0 Å². The molecule has 2 aliphatic rings. The molecular formula is C16H24N4O2S. The monoisotopic (exact) mass is 336 g/mol. The van der Waals surface area contributed by atoms with Gasteiger partial charge in [-0.3, -0.25) is 9.59 Å². The number of rotatable bonds is 4. The molecule has 1 aromatic heterocycles. The van der Waals surface area contributed by atoms with Crippen LogP contribution in [0.1, 0.15) is 25.7 Å². The second-order valence-corrected chi connectivity index (χ2v) is 7.48. The van der Waals surface area contributed by atoms with Gasteiger partial charge in [0.05, 0.1) is 11.9 Å². The Morgan fingerprint density at radius 2 is 2.04 bits per heavy atom. The van der Waals surface area contributed by atoms with Gasteiger partial charge in [0.25, 0.3) is 5.56 Å². The van der Waals surface area contributed by atoms with Gasteiger partial charge in [0.1, 0.15) is 6.54 Å². The van der Waals surface area contributed by atoms with Crippen LogP contribution in [0.15, 0.2) is 17.1 Å². The van der Waals surface area contributed by atoms with Crippen molar-refractivity contribution >= 4 is 23.4 Å². The van der Waals surface area contributed by atoms with E-state index in [0.29, 0.717) is 6.04 Å². The van der Waals surface area contributed by atoms with Crippen LogP contribution in [0.4, 0.5) is 5.69 Å². The minimum absolute atomic E-state index is 0.0270. The maximum atomic E-state index is 12.4. The SMILES string of the molecule is CN(C(=O)Cn1ncc(N2CCCC2)cc1=O)C1CCSCC1. The van der Waals surface area contributed by atoms with Crippen LogP contribution in [0.3, 0.4) is 0 Å². The molecule has 6 nitrogen and oxygen atoms in total. The summed E-state index contributed by atoms with van der Waals surface area (Å²) in [4.78, 5) is 28.6. The third-order valence-corrected chi connectivity index (χ3v) is 5.79. The number of hydrogen-bond donors (Lipinski definition) is 0. The summed E-state index contributed by atoms with van der Waals surface area (Å²) in [7, 11) is 1.84. The average Bonchev–Trinajstić information content (AvgIpc) is 3.11. The first kappa shape index (κ1) is 16.4. The van der Waals surface area contributed by atoms with Gasteiger partial charge >= 0.3 is 0 Å². The molecule has 3 rings (SSSR count). The van der Waals surface area contributed by atoms with Crippen LogP contribution < -0.4 is 10.5 Å². The standard InChI is InChI=1S/C16H24N4O2S/c1-18(13-4-8-23-9-5-13)16(22)12-20-15(21)10-14(11-17-20)19-6-2-3-7-19/h10-11,13H,2-9,12H2,1H3. The number of likely N-dealkylation sites (N-methyl/N-ethyl adjacent to an activating group) is 1. The first-order chi connectivity index (χ1) is 11.1. The zero-order valence-electron chi connectivity index (χ0n) is 13.6. The number of nitrogens with zero attached hydrogens (tertiary/aromatic N) is 4. The lowest BCUT2D eigenvalue weighted by Gasteiger charge is -2.31. The Balaban J connectivity index is 1.64. The Bertz CT molecular complexity index is 606. The number of anilines is 1. The molecule has 1 amide bonds. The summed E-state index contributed by atoms with van der Waals surface area (Å²) in [5.74, 6) is 2.17. The highest BCUT2D eigenvalue weighted by Gasteiger charge is 2.23. The van der Waals surface area contributed by atoms with Crippen molar-refractivity contribution in [3.63, 3.8) is 0 Å². The third-order valence-electron chi connectivity index (χ3n) is 4.74. The van der Waals surface area contributed by atoms with Crippen molar-refractivity contribution in [1.29, 1.82) is 0 Å². The van der Waals surface area contributed by atoms with Crippen LogP contribution in [0.2, 0.25) is 0 Å². The zero-order valence-corrected chi connectivity index (χ0v) is 14.4. The van der Waals surface area contributed by atoms with E-state index < -0.39 is 0 Å². The molecule has 0 radical (unpaired) electrons. The van der Waals surface area contributed by atoms with E-state index in [4.69, 9.17) is 0 Å². The molecule has 1 aromatic rings. The highest BCUT2D eigenvalue weighted by atomic mass is 32.2. The van der Waals surface area contributed by atoms with Crippen LogP contribution >= 0.6 is 11.8 Å². The van der Waals surface area contributed by atoms with Crippen molar-refractivity contribution in [2.75, 3.05) is 36.5 Å². The Hall–Kier alpha value is -1.50. The first-order valence-corrected chi connectivity index (χ1v) is 9.46. The zero-order chi connectivity index (χ0) is 16.2. The Morgan fingerprint density at radius 1 is 1.35 bits per heavy atom.